The Morgan fingerprint density at radius 3 is 2.54 bits per heavy atom. The predicted octanol–water partition coefficient (Wildman–Crippen LogP) is 5.45. The second kappa shape index (κ2) is 5.31. The topological polar surface area (TPSA) is 43.1 Å². The van der Waals surface area contributed by atoms with Gasteiger partial charge in [-0.25, -0.2) is 0 Å². The highest BCUT2D eigenvalue weighted by atomic mass is 16.6. The number of fused-ring (bicyclic) bond motifs is 3. The van der Waals surface area contributed by atoms with Gasteiger partial charge in [-0.05, 0) is 64.8 Å². The summed E-state index contributed by atoms with van der Waals surface area (Å²) in [7, 11) is 0. The molecule has 118 valence electrons. The van der Waals surface area contributed by atoms with Crippen LogP contribution >= 0.6 is 0 Å². The average Bonchev–Trinajstić information content (AvgIpc) is 2.94. The van der Waals surface area contributed by atoms with Gasteiger partial charge in [0.05, 0.1) is 4.92 Å². The molecule has 0 atom stereocenters. The van der Waals surface area contributed by atoms with Crippen molar-refractivity contribution in [1.29, 1.82) is 0 Å². The van der Waals surface area contributed by atoms with Crippen LogP contribution in [0, 0.1) is 24.0 Å². The maximum absolute atomic E-state index is 11.2. The molecule has 1 aliphatic rings. The van der Waals surface area contributed by atoms with Gasteiger partial charge in [-0.1, -0.05) is 42.5 Å². The van der Waals surface area contributed by atoms with Crippen LogP contribution in [-0.2, 0) is 6.42 Å². The number of hydrogen-bond donors (Lipinski definition) is 0. The number of nitro benzene ring substituents is 1. The summed E-state index contributed by atoms with van der Waals surface area (Å²) < 4.78 is 0. The van der Waals surface area contributed by atoms with Crippen molar-refractivity contribution in [2.75, 3.05) is 0 Å². The van der Waals surface area contributed by atoms with Crippen LogP contribution in [-0.4, -0.2) is 4.92 Å². The van der Waals surface area contributed by atoms with Crippen LogP contribution in [0.5, 0.6) is 0 Å². The lowest BCUT2D eigenvalue weighted by molar-refractivity contribution is -0.384. The molecule has 0 N–H and O–H groups in total. The molecule has 0 heterocycles. The molecule has 0 saturated carbocycles. The first-order valence-electron chi connectivity index (χ1n) is 8.02. The van der Waals surface area contributed by atoms with Crippen LogP contribution in [0.3, 0.4) is 0 Å². The van der Waals surface area contributed by atoms with Gasteiger partial charge in [-0.15, -0.1) is 0 Å². The van der Waals surface area contributed by atoms with Gasteiger partial charge in [-0.2, -0.15) is 0 Å². The third-order valence-corrected chi connectivity index (χ3v) is 4.97. The molecule has 0 spiro atoms. The Balaban J connectivity index is 2.00. The maximum atomic E-state index is 11.2. The average molecular weight is 315 g/mol. The molecule has 0 radical (unpaired) electrons. The van der Waals surface area contributed by atoms with E-state index in [0.29, 0.717) is 0 Å². The van der Waals surface area contributed by atoms with E-state index in [9.17, 15) is 10.1 Å². The summed E-state index contributed by atoms with van der Waals surface area (Å²) in [5.41, 5.74) is 9.76. The summed E-state index contributed by atoms with van der Waals surface area (Å²) >= 11 is 0. The molecule has 3 aromatic rings. The van der Waals surface area contributed by atoms with Crippen molar-refractivity contribution < 1.29 is 4.92 Å². The molecule has 24 heavy (non-hydrogen) atoms. The zero-order valence-electron chi connectivity index (χ0n) is 13.7. The Kier molecular flexibility index (Phi) is 3.24. The van der Waals surface area contributed by atoms with Crippen LogP contribution in [0.15, 0.2) is 54.6 Å². The first-order valence-corrected chi connectivity index (χ1v) is 8.02. The molecule has 3 heteroatoms. The molecule has 0 unspecified atom stereocenters. The van der Waals surface area contributed by atoms with Crippen molar-refractivity contribution in [1.82, 2.24) is 0 Å². The van der Waals surface area contributed by atoms with E-state index in [2.05, 4.69) is 44.2 Å². The lowest BCUT2D eigenvalue weighted by Crippen LogP contribution is -1.96. The number of nitrogens with zero attached hydrogens (tertiary/aromatic N) is 1. The number of rotatable bonds is 2. The number of aryl methyl sites for hydroxylation is 1. The van der Waals surface area contributed by atoms with Crippen molar-refractivity contribution >= 4 is 5.69 Å². The third kappa shape index (κ3) is 2.13. The Labute approximate surface area is 140 Å². The van der Waals surface area contributed by atoms with Crippen LogP contribution < -0.4 is 0 Å². The van der Waals surface area contributed by atoms with E-state index in [1.54, 1.807) is 18.2 Å². The Hall–Kier alpha value is -2.94. The second-order valence-corrected chi connectivity index (χ2v) is 6.36. The highest BCUT2D eigenvalue weighted by Gasteiger charge is 2.24. The fourth-order valence-corrected chi connectivity index (χ4v) is 3.69. The molecule has 0 bridgehead atoms. The Morgan fingerprint density at radius 2 is 1.75 bits per heavy atom. The minimum atomic E-state index is -0.330. The van der Waals surface area contributed by atoms with E-state index in [1.165, 1.54) is 33.4 Å². The maximum Gasteiger partial charge on any atom is 0.270 e. The SMILES string of the molecule is Cc1cc2c(c(-c3cccc([N+](=O)[O-])c3)c1C)Cc1ccccc1-2. The minimum Gasteiger partial charge on any atom is -0.258 e. The van der Waals surface area contributed by atoms with Crippen molar-refractivity contribution in [2.45, 2.75) is 20.3 Å². The van der Waals surface area contributed by atoms with Gasteiger partial charge in [0.1, 0.15) is 0 Å². The molecular formula is C21H17NO2. The molecular weight excluding hydrogens is 298 g/mol. The number of non-ortho nitro benzene ring substituents is 1. The van der Waals surface area contributed by atoms with Gasteiger partial charge < -0.3 is 0 Å². The van der Waals surface area contributed by atoms with Gasteiger partial charge in [0, 0.05) is 12.1 Å². The largest absolute Gasteiger partial charge is 0.270 e. The summed E-state index contributed by atoms with van der Waals surface area (Å²) in [6.07, 6.45) is 0.880. The number of nitro groups is 1. The molecule has 4 rings (SSSR count). The highest BCUT2D eigenvalue weighted by molar-refractivity contribution is 5.87. The summed E-state index contributed by atoms with van der Waals surface area (Å²) in [6.45, 7) is 4.21. The van der Waals surface area contributed by atoms with Gasteiger partial charge >= 0.3 is 0 Å². The van der Waals surface area contributed by atoms with E-state index in [0.717, 1.165) is 17.5 Å². The van der Waals surface area contributed by atoms with Crippen molar-refractivity contribution in [3.8, 4) is 22.3 Å². The minimum absolute atomic E-state index is 0.137. The molecule has 3 aromatic carbocycles. The standard InChI is InChI=1S/C21H17NO2/c1-13-10-19-18-9-4-3-6-15(18)12-20(19)21(14(13)2)16-7-5-8-17(11-16)22(23)24/h3-11H,12H2,1-2H3. The Morgan fingerprint density at radius 1 is 0.958 bits per heavy atom. The highest BCUT2D eigenvalue weighted by Crippen LogP contribution is 2.44. The third-order valence-electron chi connectivity index (χ3n) is 4.97. The number of hydrogen-bond acceptors (Lipinski definition) is 2. The Bertz CT molecular complexity index is 989. The second-order valence-electron chi connectivity index (χ2n) is 6.36. The number of benzene rings is 3. The molecule has 3 nitrogen and oxygen atoms in total. The van der Waals surface area contributed by atoms with E-state index < -0.39 is 0 Å². The van der Waals surface area contributed by atoms with Crippen molar-refractivity contribution in [3.63, 3.8) is 0 Å². The molecule has 1 aliphatic carbocycles. The summed E-state index contributed by atoms with van der Waals surface area (Å²) in [6, 6.07) is 17.7. The van der Waals surface area contributed by atoms with Crippen LogP contribution in [0.1, 0.15) is 22.3 Å². The molecule has 0 fully saturated rings. The normalized spacial score (nSPS) is 11.9. The fraction of sp³-hybridized carbons (Fsp3) is 0.143. The van der Waals surface area contributed by atoms with E-state index >= 15 is 0 Å². The van der Waals surface area contributed by atoms with E-state index in [4.69, 9.17) is 0 Å². The first kappa shape index (κ1) is 14.6. The van der Waals surface area contributed by atoms with Gasteiger partial charge in [0.2, 0.25) is 0 Å². The lowest BCUT2D eigenvalue weighted by Gasteiger charge is -2.15. The van der Waals surface area contributed by atoms with Crippen molar-refractivity contribution in [3.05, 3.63) is 87.0 Å². The van der Waals surface area contributed by atoms with Gasteiger partial charge in [0.15, 0.2) is 0 Å². The zero-order chi connectivity index (χ0) is 16.8. The quantitative estimate of drug-likeness (QED) is 0.364. The van der Waals surface area contributed by atoms with Gasteiger partial charge in [-0.3, -0.25) is 10.1 Å². The molecule has 0 amide bonds. The summed E-state index contributed by atoms with van der Waals surface area (Å²) in [4.78, 5) is 10.8. The molecule has 0 aliphatic heterocycles. The van der Waals surface area contributed by atoms with Crippen LogP contribution in [0.25, 0.3) is 22.3 Å². The lowest BCUT2D eigenvalue weighted by atomic mass is 9.88. The molecule has 0 saturated heterocycles. The summed E-state index contributed by atoms with van der Waals surface area (Å²) in [5, 5.41) is 11.2. The van der Waals surface area contributed by atoms with E-state index in [-0.39, 0.29) is 10.6 Å². The first-order chi connectivity index (χ1) is 11.6. The van der Waals surface area contributed by atoms with Crippen LogP contribution in [0.4, 0.5) is 5.69 Å². The van der Waals surface area contributed by atoms with E-state index in [1.807, 2.05) is 6.07 Å². The van der Waals surface area contributed by atoms with Gasteiger partial charge in [0.25, 0.3) is 5.69 Å². The fourth-order valence-electron chi connectivity index (χ4n) is 3.69. The smallest absolute Gasteiger partial charge is 0.258 e. The predicted molar refractivity (Wildman–Crippen MR) is 96.2 cm³/mol. The molecule has 0 aromatic heterocycles. The summed E-state index contributed by atoms with van der Waals surface area (Å²) in [5.74, 6) is 0. The monoisotopic (exact) mass is 315 g/mol. The zero-order valence-corrected chi connectivity index (χ0v) is 13.7. The van der Waals surface area contributed by atoms with Crippen LogP contribution in [0.2, 0.25) is 0 Å². The van der Waals surface area contributed by atoms with Crippen molar-refractivity contribution in [2.24, 2.45) is 0 Å².